The summed E-state index contributed by atoms with van der Waals surface area (Å²) in [7, 11) is 0. The van der Waals surface area contributed by atoms with Crippen LogP contribution in [0.3, 0.4) is 0 Å². The maximum Gasteiger partial charge on any atom is 0.284 e. The first kappa shape index (κ1) is 100. The number of thiazole rings is 2. The third-order valence-corrected chi connectivity index (χ3v) is 23.3. The van der Waals surface area contributed by atoms with E-state index in [0.717, 1.165) is 35.5 Å². The first-order chi connectivity index (χ1) is 66.1. The van der Waals surface area contributed by atoms with Crippen molar-refractivity contribution in [2.24, 2.45) is 0 Å². The van der Waals surface area contributed by atoms with Gasteiger partial charge in [0, 0.05) is 141 Å². The zero-order valence-electron chi connectivity index (χ0n) is 70.7. The molecule has 47 heteroatoms. The first-order valence-electron chi connectivity index (χ1n) is 40.7. The molecule has 138 heavy (non-hydrogen) atoms. The van der Waals surface area contributed by atoms with Crippen LogP contribution in [0.15, 0.2) is 211 Å². The van der Waals surface area contributed by atoms with E-state index < -0.39 is 23.7 Å². The van der Waals surface area contributed by atoms with Gasteiger partial charge >= 0.3 is 0 Å². The van der Waals surface area contributed by atoms with Gasteiger partial charge in [0.15, 0.2) is 5.01 Å². The maximum absolute atomic E-state index is 13.0. The lowest BCUT2D eigenvalue weighted by Gasteiger charge is -2.16. The summed E-state index contributed by atoms with van der Waals surface area (Å²) >= 11 is 45.2. The van der Waals surface area contributed by atoms with E-state index in [1.165, 1.54) is 132 Å². The van der Waals surface area contributed by atoms with Gasteiger partial charge in [-0.15, -0.1) is 22.7 Å². The van der Waals surface area contributed by atoms with Crippen LogP contribution in [0.2, 0.25) is 35.3 Å². The number of carbonyl (C=O) groups is 18. The molecule has 0 unspecified atom stereocenters. The van der Waals surface area contributed by atoms with Crippen LogP contribution in [0.5, 0.6) is 0 Å². The average molecular weight is 2040 g/mol. The van der Waals surface area contributed by atoms with Gasteiger partial charge in [-0.1, -0.05) is 99.4 Å². The van der Waals surface area contributed by atoms with E-state index in [-0.39, 0.29) is 229 Å². The lowest BCUT2D eigenvalue weighted by molar-refractivity contribution is -0.122. The Labute approximate surface area is 822 Å². The van der Waals surface area contributed by atoms with Crippen molar-refractivity contribution >= 4 is 278 Å². The van der Waals surface area contributed by atoms with Crippen molar-refractivity contribution in [1.29, 1.82) is 0 Å². The normalized spacial score (nSPS) is 14.3. The van der Waals surface area contributed by atoms with E-state index >= 15 is 0 Å². The highest BCUT2D eigenvalue weighted by Gasteiger charge is 2.38. The molecule has 6 aromatic heterocycles. The number of anilines is 12. The summed E-state index contributed by atoms with van der Waals surface area (Å²) in [6, 6.07) is 42.5. The number of nitrogens with one attached hydrogen (secondary N) is 6. The summed E-state index contributed by atoms with van der Waals surface area (Å²) in [5.74, 6) is -6.71. The van der Waals surface area contributed by atoms with Crippen LogP contribution in [-0.4, -0.2) is 141 Å². The molecule has 0 aliphatic carbocycles. The number of rotatable bonds is 18. The van der Waals surface area contributed by atoms with Crippen molar-refractivity contribution in [3.8, 4) is 0 Å². The second-order valence-electron chi connectivity index (χ2n) is 29.2. The molecule has 6 aromatic carbocycles. The van der Waals surface area contributed by atoms with E-state index in [2.05, 4.69) is 66.8 Å². The van der Waals surface area contributed by atoms with Crippen molar-refractivity contribution < 1.29 is 90.7 Å². The monoisotopic (exact) mass is 2040 g/mol. The maximum atomic E-state index is 13.0. The number of halogens is 8. The highest BCUT2D eigenvalue weighted by atomic mass is 35.5. The van der Waals surface area contributed by atoms with Crippen LogP contribution in [-0.2, 0) is 57.5 Å². The van der Waals surface area contributed by atoms with Gasteiger partial charge in [0.2, 0.25) is 76.8 Å². The molecule has 0 radical (unpaired) electrons. The Morgan fingerprint density at radius 2 is 0.587 bits per heavy atom. The lowest BCUT2D eigenvalue weighted by atomic mass is 10.2. The van der Waals surface area contributed by atoms with E-state index in [1.54, 1.807) is 95.3 Å². The Hall–Kier alpha value is -15.3. The van der Waals surface area contributed by atoms with Crippen LogP contribution in [0.1, 0.15) is 139 Å². The number of hydrogen-bond donors (Lipinski definition) is 6. The third-order valence-electron chi connectivity index (χ3n) is 19.9. The molecule has 6 N–H and O–H groups in total. The molecule has 6 aliphatic heterocycles. The van der Waals surface area contributed by atoms with Crippen molar-refractivity contribution in [1.82, 2.24) is 34.9 Å². The zero-order chi connectivity index (χ0) is 98.7. The number of benzene rings is 6. The highest BCUT2D eigenvalue weighted by molar-refractivity contribution is 7.11. The minimum absolute atomic E-state index is 0.0832. The molecule has 18 rings (SSSR count). The highest BCUT2D eigenvalue weighted by Crippen LogP contribution is 2.40. The van der Waals surface area contributed by atoms with Crippen molar-refractivity contribution in [2.45, 2.75) is 77.0 Å². The number of pyridine rings is 3. The second kappa shape index (κ2) is 45.8. The summed E-state index contributed by atoms with van der Waals surface area (Å²) in [5, 5.41) is 20.9. The summed E-state index contributed by atoms with van der Waals surface area (Å²) < 4.78 is 13.0. The molecule has 6 saturated heterocycles. The van der Waals surface area contributed by atoms with E-state index in [0.29, 0.717) is 73.3 Å². The van der Waals surface area contributed by atoms with E-state index in [4.69, 9.17) is 81.2 Å². The number of carbonyl (C=O) groups excluding carboxylic acids is 18. The number of nitrogens with zero attached hydrogens (tertiary/aromatic N) is 13. The zero-order valence-corrected chi connectivity index (χ0v) is 77.6. The number of amides is 18. The Morgan fingerprint density at radius 1 is 0.290 bits per heavy atom. The molecule has 37 nitrogen and oxygen atoms in total. The molecule has 18 amide bonds. The Balaban J connectivity index is 0.000000140. The number of hydrogen-bond acceptors (Lipinski definition) is 27. The molecule has 0 saturated carbocycles. The van der Waals surface area contributed by atoms with Crippen LogP contribution < -0.4 is 61.3 Å². The summed E-state index contributed by atoms with van der Waals surface area (Å²) in [4.78, 5) is 246. The van der Waals surface area contributed by atoms with Gasteiger partial charge in [-0.2, -0.15) is 4.39 Å². The molecule has 6 fully saturated rings. The molecule has 12 heterocycles. The standard InChI is InChI=1S/C16H11Cl2N3O3.C16H11ClFN3O3.C16H12ClN3O3.C15H11ClN4O3.2C14H10ClN3O3S/c2*17-10-8-9(19-16(24)11-2-1-3-13(18)20-11)4-5-12(10)21-14(22)6-7-15(21)23;17-11-9-10(19-16(23)12-3-1-2-8-18-12)4-5-13(11)20-14(21)6-7-15(20)22;16-10-7-9(19-15(23)11-5-6-17-8-18-11)1-2-12(10)20-13(21)3-4-14(20)22;15-9-5-8(17-14(21)10-6-22-7-16-10)1-2-11(9)18-12(19)3-4-13(18)20;15-9-7-8(17-13(21)14-16-5-6-22-14)1-2-10(9)18-11(19)3-4-12(18)20/h2*1-5,8H,6-7H2,(H,19,24);1-5,8-9H,6-7H2,(H,19,23);1-2,5-8H,3-4H2,(H,19,23);2*1-2,5-7H,3-4H2,(H,17,21). The van der Waals surface area contributed by atoms with Gasteiger partial charge in [0.05, 0.1) is 69.8 Å². The predicted octanol–water partition coefficient (Wildman–Crippen LogP) is 16.2. The van der Waals surface area contributed by atoms with Crippen LogP contribution >= 0.6 is 104 Å². The van der Waals surface area contributed by atoms with E-state index in [1.807, 2.05) is 0 Å². The fourth-order valence-electron chi connectivity index (χ4n) is 13.5. The summed E-state index contributed by atoms with van der Waals surface area (Å²) in [5.41, 5.74) is 6.90. The molecule has 6 aliphatic rings. The van der Waals surface area contributed by atoms with Gasteiger partial charge in [-0.05, 0) is 152 Å². The van der Waals surface area contributed by atoms with Gasteiger partial charge in [-0.3, -0.25) is 91.3 Å². The number of imide groups is 6. The van der Waals surface area contributed by atoms with Crippen molar-refractivity contribution in [3.05, 3.63) is 286 Å². The molecular formula is C91H65Cl7FN19O18S2. The van der Waals surface area contributed by atoms with Crippen LogP contribution in [0, 0.1) is 5.95 Å². The largest absolute Gasteiger partial charge is 0.321 e. The Kier molecular flexibility index (Phi) is 33.3. The molecule has 0 atom stereocenters. The fourth-order valence-corrected chi connectivity index (χ4v) is 16.3. The third kappa shape index (κ3) is 25.1. The fraction of sp³-hybridized carbons (Fsp3) is 0.132. The van der Waals surface area contributed by atoms with Crippen LogP contribution in [0.4, 0.5) is 72.6 Å². The molecule has 0 bridgehead atoms. The van der Waals surface area contributed by atoms with E-state index in [9.17, 15) is 90.7 Å². The Morgan fingerprint density at radius 3 is 0.855 bits per heavy atom. The lowest BCUT2D eigenvalue weighted by Crippen LogP contribution is -2.28. The molecule has 700 valence electrons. The Bertz CT molecular complexity index is 6420. The SMILES string of the molecule is O=C(Nc1ccc(N2C(=O)CCC2=O)c(Cl)c1)c1cccc(Cl)n1.O=C(Nc1ccc(N2C(=O)CCC2=O)c(Cl)c1)c1cccc(F)n1.O=C(Nc1ccc(N2C(=O)CCC2=O)c(Cl)c1)c1ccccn1.O=C(Nc1ccc(N2C(=O)CCC2=O)c(Cl)c1)c1ccncn1.O=C(Nc1ccc(N2C(=O)CCC2=O)c(Cl)c1)c1cscn1.O=C(Nc1ccc(N2C(=O)CCC2=O)c(Cl)c1)c1nccs1. The molecule has 0 spiro atoms. The minimum Gasteiger partial charge on any atom is -0.321 e. The summed E-state index contributed by atoms with van der Waals surface area (Å²) in [6.45, 7) is 0. The van der Waals surface area contributed by atoms with Gasteiger partial charge in [-0.25, -0.2) is 59.3 Å². The van der Waals surface area contributed by atoms with Gasteiger partial charge < -0.3 is 31.9 Å². The first-order valence-corrected chi connectivity index (χ1v) is 45.1. The topological polar surface area (TPSA) is 489 Å². The van der Waals surface area contributed by atoms with Crippen LogP contribution in [0.25, 0.3) is 0 Å². The molecule has 12 aromatic rings. The summed E-state index contributed by atoms with van der Waals surface area (Å²) in [6.07, 6.45) is 7.96. The predicted molar refractivity (Wildman–Crippen MR) is 511 cm³/mol. The number of aromatic nitrogens is 7. The average Bonchev–Trinajstić information content (AvgIpc) is 1.70. The van der Waals surface area contributed by atoms with Gasteiger partial charge in [0.25, 0.3) is 35.4 Å². The minimum atomic E-state index is -0.762. The van der Waals surface area contributed by atoms with Gasteiger partial charge in [0.1, 0.15) is 40.0 Å². The van der Waals surface area contributed by atoms with Crippen molar-refractivity contribution in [2.75, 3.05) is 61.3 Å². The smallest absolute Gasteiger partial charge is 0.284 e. The van der Waals surface area contributed by atoms with Crippen molar-refractivity contribution in [3.63, 3.8) is 0 Å². The second-order valence-corrected chi connectivity index (χ2v) is 33.6. The molecular weight excluding hydrogens is 1980 g/mol. The quantitative estimate of drug-likeness (QED) is 0.0343.